The molecule has 0 amide bonds. The minimum absolute atomic E-state index is 0.242. The van der Waals surface area contributed by atoms with E-state index in [0.717, 1.165) is 0 Å². The van der Waals surface area contributed by atoms with Gasteiger partial charge >= 0.3 is 0 Å². The van der Waals surface area contributed by atoms with Crippen LogP contribution in [-0.4, -0.2) is 0 Å². The van der Waals surface area contributed by atoms with Crippen LogP contribution in [0.4, 0.5) is 0 Å². The molecule has 0 N–H and O–H groups in total. The van der Waals surface area contributed by atoms with E-state index in [0.29, 0.717) is 39.1 Å². The summed E-state index contributed by atoms with van der Waals surface area (Å²) in [4.78, 5) is 0. The lowest BCUT2D eigenvalue weighted by Crippen LogP contribution is -1.91. The highest BCUT2D eigenvalue weighted by molar-refractivity contribution is 6.31. The Hall–Kier alpha value is -3.98. The highest BCUT2D eigenvalue weighted by Crippen LogP contribution is 2.32. The molecule has 0 radical (unpaired) electrons. The molecule has 0 fully saturated rings. The van der Waals surface area contributed by atoms with Crippen LogP contribution in [0.5, 0.6) is 23.0 Å². The predicted octanol–water partition coefficient (Wildman–Crippen LogP) is 5.54. The van der Waals surface area contributed by atoms with E-state index in [1.807, 2.05) is 18.2 Å². The van der Waals surface area contributed by atoms with Gasteiger partial charge in [-0.05, 0) is 42.5 Å². The minimum Gasteiger partial charge on any atom is -0.457 e. The van der Waals surface area contributed by atoms with Crippen LogP contribution in [0, 0.1) is 34.0 Å². The number of ether oxygens (including phenoxy) is 2. The Morgan fingerprint density at radius 1 is 0.667 bits per heavy atom. The van der Waals surface area contributed by atoms with Crippen molar-refractivity contribution in [3.8, 4) is 41.2 Å². The molecule has 0 aliphatic rings. The monoisotopic (exact) mass is 371 g/mol. The maximum absolute atomic E-state index is 9.23. The zero-order valence-corrected chi connectivity index (χ0v) is 14.6. The van der Waals surface area contributed by atoms with Crippen LogP contribution >= 0.6 is 11.6 Å². The van der Waals surface area contributed by atoms with Crippen LogP contribution in [0.25, 0.3) is 0 Å². The predicted molar refractivity (Wildman–Crippen MR) is 98.6 cm³/mol. The van der Waals surface area contributed by atoms with Gasteiger partial charge in [0.2, 0.25) is 0 Å². The molecule has 128 valence electrons. The average Bonchev–Trinajstić information content (AvgIpc) is 2.68. The zero-order chi connectivity index (χ0) is 19.2. The molecule has 0 aliphatic heterocycles. The highest BCUT2D eigenvalue weighted by Gasteiger charge is 2.10. The summed E-state index contributed by atoms with van der Waals surface area (Å²) in [6.07, 6.45) is 0. The molecule has 3 aromatic carbocycles. The van der Waals surface area contributed by atoms with Gasteiger partial charge in [0.1, 0.15) is 34.6 Å². The second kappa shape index (κ2) is 7.93. The molecule has 0 atom stereocenters. The molecule has 0 saturated carbocycles. The third kappa shape index (κ3) is 4.17. The van der Waals surface area contributed by atoms with Crippen molar-refractivity contribution in [2.75, 3.05) is 0 Å². The molecule has 27 heavy (non-hydrogen) atoms. The Morgan fingerprint density at radius 2 is 1.30 bits per heavy atom. The van der Waals surface area contributed by atoms with Crippen molar-refractivity contribution in [2.45, 2.75) is 0 Å². The van der Waals surface area contributed by atoms with Crippen LogP contribution in [0.2, 0.25) is 5.02 Å². The maximum Gasteiger partial charge on any atom is 0.146 e. The van der Waals surface area contributed by atoms with Gasteiger partial charge in [-0.1, -0.05) is 23.7 Å². The first-order chi connectivity index (χ1) is 13.1. The van der Waals surface area contributed by atoms with Gasteiger partial charge in [0, 0.05) is 6.07 Å². The summed E-state index contributed by atoms with van der Waals surface area (Å²) in [6.45, 7) is 0. The fraction of sp³-hybridized carbons (Fsp3) is 0. The topological polar surface area (TPSA) is 89.8 Å². The summed E-state index contributed by atoms with van der Waals surface area (Å²) in [5.41, 5.74) is 0.897. The number of nitriles is 3. The Kier molecular flexibility index (Phi) is 5.24. The van der Waals surface area contributed by atoms with Crippen molar-refractivity contribution >= 4 is 11.6 Å². The Bertz CT molecular complexity index is 1110. The zero-order valence-electron chi connectivity index (χ0n) is 13.8. The van der Waals surface area contributed by atoms with E-state index in [1.54, 1.807) is 54.6 Å². The van der Waals surface area contributed by atoms with E-state index < -0.39 is 0 Å². The first kappa shape index (κ1) is 17.8. The van der Waals surface area contributed by atoms with E-state index in [1.165, 1.54) is 6.07 Å². The lowest BCUT2D eigenvalue weighted by Gasteiger charge is -2.11. The number of hydrogen-bond acceptors (Lipinski definition) is 5. The third-order valence-electron chi connectivity index (χ3n) is 3.52. The number of halogens is 1. The van der Waals surface area contributed by atoms with Crippen molar-refractivity contribution in [3.05, 3.63) is 82.4 Å². The van der Waals surface area contributed by atoms with Crippen molar-refractivity contribution in [3.63, 3.8) is 0 Å². The second-order valence-electron chi connectivity index (χ2n) is 5.37. The summed E-state index contributed by atoms with van der Waals surface area (Å²) in [5, 5.41) is 27.7. The maximum atomic E-state index is 9.23. The molecule has 0 unspecified atom stereocenters. The number of hydrogen-bond donors (Lipinski definition) is 0. The van der Waals surface area contributed by atoms with Gasteiger partial charge in [0.05, 0.1) is 28.3 Å². The van der Waals surface area contributed by atoms with Gasteiger partial charge < -0.3 is 9.47 Å². The summed E-state index contributed by atoms with van der Waals surface area (Å²) in [7, 11) is 0. The van der Waals surface area contributed by atoms with E-state index in [4.69, 9.17) is 31.6 Å². The molecular weight excluding hydrogens is 362 g/mol. The summed E-state index contributed by atoms with van der Waals surface area (Å²) in [6, 6.07) is 22.3. The molecule has 0 aromatic heterocycles. The number of benzene rings is 3. The van der Waals surface area contributed by atoms with Crippen LogP contribution < -0.4 is 9.47 Å². The lowest BCUT2D eigenvalue weighted by atomic mass is 10.1. The van der Waals surface area contributed by atoms with E-state index in [2.05, 4.69) is 0 Å². The SMILES string of the molecule is N#Cc1cc(C#N)cc(Oc2cccc(Oc3cccc(Cl)c3C#N)c2)c1. The first-order valence-electron chi connectivity index (χ1n) is 7.72. The molecule has 5 nitrogen and oxygen atoms in total. The average molecular weight is 372 g/mol. The van der Waals surface area contributed by atoms with Crippen LogP contribution in [0.1, 0.15) is 16.7 Å². The van der Waals surface area contributed by atoms with Crippen molar-refractivity contribution < 1.29 is 9.47 Å². The number of rotatable bonds is 4. The smallest absolute Gasteiger partial charge is 0.146 e. The van der Waals surface area contributed by atoms with Gasteiger partial charge in [-0.2, -0.15) is 15.8 Å². The molecule has 6 heteroatoms. The first-order valence-corrected chi connectivity index (χ1v) is 8.10. The van der Waals surface area contributed by atoms with Gasteiger partial charge in [-0.25, -0.2) is 0 Å². The standard InChI is InChI=1S/C21H10ClN3O2/c22-20-5-2-6-21(19(20)13-25)27-17-4-1-3-16(10-17)26-18-8-14(11-23)7-15(9-18)12-24/h1-10H. The van der Waals surface area contributed by atoms with Crippen molar-refractivity contribution in [1.82, 2.24) is 0 Å². The van der Waals surface area contributed by atoms with Gasteiger partial charge in [-0.3, -0.25) is 0 Å². The van der Waals surface area contributed by atoms with Crippen molar-refractivity contribution in [1.29, 1.82) is 15.8 Å². The minimum atomic E-state index is 0.242. The molecule has 0 bridgehead atoms. The fourth-order valence-corrected chi connectivity index (χ4v) is 2.56. The largest absolute Gasteiger partial charge is 0.457 e. The van der Waals surface area contributed by atoms with Crippen LogP contribution in [0.3, 0.4) is 0 Å². The summed E-state index contributed by atoms with van der Waals surface area (Å²) in [5.74, 6) is 1.60. The quantitative estimate of drug-likeness (QED) is 0.600. The molecule has 0 saturated heterocycles. The molecule has 3 rings (SSSR count). The van der Waals surface area contributed by atoms with E-state index in [-0.39, 0.29) is 5.56 Å². The van der Waals surface area contributed by atoms with Crippen LogP contribution in [-0.2, 0) is 0 Å². The lowest BCUT2D eigenvalue weighted by molar-refractivity contribution is 0.459. The molecule has 0 aliphatic carbocycles. The van der Waals surface area contributed by atoms with E-state index in [9.17, 15) is 5.26 Å². The Morgan fingerprint density at radius 3 is 1.93 bits per heavy atom. The van der Waals surface area contributed by atoms with Gasteiger partial charge in [-0.15, -0.1) is 0 Å². The van der Waals surface area contributed by atoms with Gasteiger partial charge in [0.15, 0.2) is 0 Å². The second-order valence-corrected chi connectivity index (χ2v) is 5.78. The van der Waals surface area contributed by atoms with E-state index >= 15 is 0 Å². The number of nitrogens with zero attached hydrogens (tertiary/aromatic N) is 3. The fourth-order valence-electron chi connectivity index (χ4n) is 2.35. The third-order valence-corrected chi connectivity index (χ3v) is 3.84. The summed E-state index contributed by atoms with van der Waals surface area (Å²) < 4.78 is 11.5. The van der Waals surface area contributed by atoms with Crippen LogP contribution in [0.15, 0.2) is 60.7 Å². The highest BCUT2D eigenvalue weighted by atomic mass is 35.5. The molecule has 3 aromatic rings. The van der Waals surface area contributed by atoms with Gasteiger partial charge in [0.25, 0.3) is 0 Å². The Balaban J connectivity index is 1.88. The molecular formula is C21H10ClN3O2. The molecule has 0 spiro atoms. The normalized spacial score (nSPS) is 9.56. The Labute approximate surface area is 160 Å². The van der Waals surface area contributed by atoms with Crippen molar-refractivity contribution in [2.24, 2.45) is 0 Å². The summed E-state index contributed by atoms with van der Waals surface area (Å²) >= 11 is 6.01. The molecule has 0 heterocycles.